The van der Waals surface area contributed by atoms with Crippen molar-refractivity contribution in [2.24, 2.45) is 0 Å². The molecule has 17 heavy (non-hydrogen) atoms. The first kappa shape index (κ1) is 12.2. The number of nitrogens with zero attached hydrogens (tertiary/aromatic N) is 4. The zero-order valence-corrected chi connectivity index (χ0v) is 9.29. The van der Waals surface area contributed by atoms with Gasteiger partial charge in [0.25, 0.3) is 0 Å². The van der Waals surface area contributed by atoms with Crippen LogP contribution in [0.15, 0.2) is 0 Å². The summed E-state index contributed by atoms with van der Waals surface area (Å²) in [5.74, 6) is -1.41. The van der Waals surface area contributed by atoms with Crippen molar-refractivity contribution in [1.29, 1.82) is 0 Å². The van der Waals surface area contributed by atoms with Crippen LogP contribution in [-0.2, 0) is 24.1 Å². The van der Waals surface area contributed by atoms with E-state index in [9.17, 15) is 18.0 Å². The van der Waals surface area contributed by atoms with Crippen molar-refractivity contribution in [3.05, 3.63) is 11.6 Å². The molecule has 0 fully saturated rings. The molecule has 0 unspecified atom stereocenters. The van der Waals surface area contributed by atoms with E-state index in [2.05, 4.69) is 10.2 Å². The van der Waals surface area contributed by atoms with E-state index < -0.39 is 12.0 Å². The highest BCUT2D eigenvalue weighted by Gasteiger charge is 2.39. The highest BCUT2D eigenvalue weighted by molar-refractivity contribution is 6.27. The molecule has 1 aliphatic rings. The van der Waals surface area contributed by atoms with Gasteiger partial charge in [-0.3, -0.25) is 4.79 Å². The van der Waals surface area contributed by atoms with Gasteiger partial charge in [-0.25, -0.2) is 0 Å². The lowest BCUT2D eigenvalue weighted by Gasteiger charge is -2.27. The van der Waals surface area contributed by atoms with Gasteiger partial charge >= 0.3 is 6.18 Å². The Balaban J connectivity index is 2.25. The molecule has 2 heterocycles. The largest absolute Gasteiger partial charge is 0.451 e. The molecule has 94 valence electrons. The summed E-state index contributed by atoms with van der Waals surface area (Å²) in [5.41, 5.74) is 0. The third-order valence-corrected chi connectivity index (χ3v) is 2.70. The Labute approximate surface area is 99.2 Å². The fourth-order valence-corrected chi connectivity index (χ4v) is 1.83. The third kappa shape index (κ3) is 2.21. The van der Waals surface area contributed by atoms with Crippen LogP contribution in [0.5, 0.6) is 0 Å². The highest BCUT2D eigenvalue weighted by atomic mass is 35.5. The van der Waals surface area contributed by atoms with E-state index in [1.807, 2.05) is 0 Å². The number of hydrogen-bond donors (Lipinski definition) is 0. The molecule has 0 N–H and O–H groups in total. The normalized spacial score (nSPS) is 15.9. The first-order valence-corrected chi connectivity index (χ1v) is 5.30. The molecule has 0 saturated carbocycles. The predicted molar refractivity (Wildman–Crippen MR) is 51.2 cm³/mol. The summed E-state index contributed by atoms with van der Waals surface area (Å²) in [6.07, 6.45) is -4.52. The van der Waals surface area contributed by atoms with Gasteiger partial charge in [0.05, 0.1) is 6.54 Å². The molecule has 9 heteroatoms. The second-order valence-electron chi connectivity index (χ2n) is 3.54. The quantitative estimate of drug-likeness (QED) is 0.711. The van der Waals surface area contributed by atoms with Crippen molar-refractivity contribution in [1.82, 2.24) is 19.7 Å². The van der Waals surface area contributed by atoms with Crippen molar-refractivity contribution in [3.8, 4) is 0 Å². The molecule has 0 saturated heterocycles. The maximum absolute atomic E-state index is 12.5. The fourth-order valence-electron chi connectivity index (χ4n) is 1.66. The smallest absolute Gasteiger partial charge is 0.332 e. The second kappa shape index (κ2) is 4.17. The van der Waals surface area contributed by atoms with Gasteiger partial charge in [0, 0.05) is 13.1 Å². The van der Waals surface area contributed by atoms with Crippen molar-refractivity contribution < 1.29 is 18.0 Å². The Morgan fingerprint density at radius 3 is 2.65 bits per heavy atom. The van der Waals surface area contributed by atoms with Crippen molar-refractivity contribution >= 4 is 17.5 Å². The van der Waals surface area contributed by atoms with Gasteiger partial charge in [-0.05, 0) is 0 Å². The Kier molecular flexibility index (Phi) is 2.98. The Morgan fingerprint density at radius 2 is 2.06 bits per heavy atom. The summed E-state index contributed by atoms with van der Waals surface area (Å²) in [4.78, 5) is 12.7. The van der Waals surface area contributed by atoms with Crippen LogP contribution in [0.1, 0.15) is 11.6 Å². The molecule has 2 rings (SSSR count). The molecule has 1 aromatic rings. The van der Waals surface area contributed by atoms with Gasteiger partial charge < -0.3 is 9.47 Å². The number of halogens is 4. The standard InChI is InChI=1S/C8H8ClF3N4O/c9-3-6(17)15-1-2-16-5(4-15)13-14-7(16)8(10,11)12/h1-4H2. The Bertz CT molecular complexity index is 444. The topological polar surface area (TPSA) is 51.0 Å². The molecule has 0 aromatic carbocycles. The predicted octanol–water partition coefficient (Wildman–Crippen LogP) is 0.878. The first-order valence-electron chi connectivity index (χ1n) is 4.76. The number of hydrogen-bond acceptors (Lipinski definition) is 3. The summed E-state index contributed by atoms with van der Waals surface area (Å²) in [6, 6.07) is 0. The number of aromatic nitrogens is 3. The fraction of sp³-hybridized carbons (Fsp3) is 0.625. The number of alkyl halides is 4. The maximum atomic E-state index is 12.5. The van der Waals surface area contributed by atoms with Crippen LogP contribution >= 0.6 is 11.6 Å². The second-order valence-corrected chi connectivity index (χ2v) is 3.81. The van der Waals surface area contributed by atoms with Crippen LogP contribution in [0.3, 0.4) is 0 Å². The molecule has 0 bridgehead atoms. The zero-order chi connectivity index (χ0) is 12.6. The van der Waals surface area contributed by atoms with Gasteiger partial charge in [-0.2, -0.15) is 13.2 Å². The van der Waals surface area contributed by atoms with E-state index >= 15 is 0 Å². The number of carbonyl (C=O) groups excluding carboxylic acids is 1. The summed E-state index contributed by atoms with van der Waals surface area (Å²) in [7, 11) is 0. The van der Waals surface area contributed by atoms with Gasteiger partial charge in [0.15, 0.2) is 5.82 Å². The maximum Gasteiger partial charge on any atom is 0.451 e. The molecule has 1 aliphatic heterocycles. The molecular formula is C8H8ClF3N4O. The summed E-state index contributed by atoms with van der Waals surface area (Å²) >= 11 is 5.38. The average Bonchev–Trinajstić information content (AvgIpc) is 2.70. The minimum Gasteiger partial charge on any atom is -0.332 e. The average molecular weight is 269 g/mol. The van der Waals surface area contributed by atoms with E-state index in [1.54, 1.807) is 0 Å². The lowest BCUT2D eigenvalue weighted by atomic mass is 10.3. The summed E-state index contributed by atoms with van der Waals surface area (Å²) in [5, 5.41) is 6.55. The van der Waals surface area contributed by atoms with Gasteiger partial charge in [-0.15, -0.1) is 21.8 Å². The van der Waals surface area contributed by atoms with E-state index in [0.29, 0.717) is 0 Å². The third-order valence-electron chi connectivity index (χ3n) is 2.47. The summed E-state index contributed by atoms with van der Waals surface area (Å²) < 4.78 is 38.5. The van der Waals surface area contributed by atoms with E-state index in [-0.39, 0.29) is 37.2 Å². The minimum atomic E-state index is -4.52. The molecule has 1 amide bonds. The number of amides is 1. The van der Waals surface area contributed by atoms with Crippen LogP contribution in [0, 0.1) is 0 Å². The van der Waals surface area contributed by atoms with Crippen LogP contribution in [-0.4, -0.2) is 38.0 Å². The van der Waals surface area contributed by atoms with E-state index in [4.69, 9.17) is 11.6 Å². The van der Waals surface area contributed by atoms with Crippen LogP contribution in [0.2, 0.25) is 0 Å². The minimum absolute atomic E-state index is 0.00856. The van der Waals surface area contributed by atoms with Crippen LogP contribution in [0.4, 0.5) is 13.2 Å². The lowest BCUT2D eigenvalue weighted by molar-refractivity contribution is -0.148. The summed E-state index contributed by atoms with van der Waals surface area (Å²) in [6.45, 7) is 0.216. The first-order chi connectivity index (χ1) is 7.93. The van der Waals surface area contributed by atoms with Gasteiger partial charge in [-0.1, -0.05) is 0 Å². The molecule has 5 nitrogen and oxygen atoms in total. The van der Waals surface area contributed by atoms with E-state index in [1.165, 1.54) is 4.90 Å². The lowest BCUT2D eigenvalue weighted by Crippen LogP contribution is -2.39. The number of fused-ring (bicyclic) bond motifs is 1. The number of carbonyl (C=O) groups is 1. The molecular weight excluding hydrogens is 261 g/mol. The molecule has 0 spiro atoms. The van der Waals surface area contributed by atoms with Gasteiger partial charge in [0.1, 0.15) is 5.88 Å². The Hall–Kier alpha value is -1.31. The van der Waals surface area contributed by atoms with Gasteiger partial charge in [0.2, 0.25) is 11.7 Å². The molecule has 0 radical (unpaired) electrons. The molecule has 1 aromatic heterocycles. The number of rotatable bonds is 1. The molecule has 0 aliphatic carbocycles. The monoisotopic (exact) mass is 268 g/mol. The van der Waals surface area contributed by atoms with E-state index in [0.717, 1.165) is 4.57 Å². The van der Waals surface area contributed by atoms with Crippen LogP contribution in [0.25, 0.3) is 0 Å². The Morgan fingerprint density at radius 1 is 1.35 bits per heavy atom. The van der Waals surface area contributed by atoms with Crippen molar-refractivity contribution in [2.45, 2.75) is 19.3 Å². The SMILES string of the molecule is O=C(CCl)N1CCn2c(nnc2C(F)(F)F)C1. The zero-order valence-electron chi connectivity index (χ0n) is 8.54. The van der Waals surface area contributed by atoms with Crippen molar-refractivity contribution in [2.75, 3.05) is 12.4 Å². The highest BCUT2D eigenvalue weighted by Crippen LogP contribution is 2.29. The molecule has 0 atom stereocenters. The van der Waals surface area contributed by atoms with Crippen molar-refractivity contribution in [3.63, 3.8) is 0 Å². The van der Waals surface area contributed by atoms with Crippen LogP contribution < -0.4 is 0 Å².